The Morgan fingerprint density at radius 1 is 0.647 bits per heavy atom. The maximum Gasteiger partial charge on any atom is -0.0348 e. The fourth-order valence-electron chi connectivity index (χ4n) is 1.81. The summed E-state index contributed by atoms with van der Waals surface area (Å²) in [4.78, 5) is 0. The predicted molar refractivity (Wildman–Crippen MR) is 80.1 cm³/mol. The molecule has 99 valence electrons. The van der Waals surface area contributed by atoms with Crippen molar-refractivity contribution in [2.75, 3.05) is 0 Å². The Morgan fingerprint density at radius 2 is 1.18 bits per heavy atom. The van der Waals surface area contributed by atoms with E-state index in [1.165, 1.54) is 57.8 Å². The molecule has 0 aliphatic carbocycles. The lowest BCUT2D eigenvalue weighted by molar-refractivity contribution is 0.637. The maximum absolute atomic E-state index is 3.82. The molecule has 0 saturated heterocycles. The van der Waals surface area contributed by atoms with Gasteiger partial charge in [0.15, 0.2) is 0 Å². The summed E-state index contributed by atoms with van der Waals surface area (Å²) in [6.45, 7) is 6.09. The lowest BCUT2D eigenvalue weighted by Crippen LogP contribution is -1.76. The molecule has 0 rings (SSSR count). The highest BCUT2D eigenvalue weighted by Crippen LogP contribution is 2.06. The van der Waals surface area contributed by atoms with Gasteiger partial charge in [-0.05, 0) is 44.9 Å². The van der Waals surface area contributed by atoms with Crippen molar-refractivity contribution in [2.24, 2.45) is 0 Å². The molecule has 17 heavy (non-hydrogen) atoms. The molecule has 0 N–H and O–H groups in total. The van der Waals surface area contributed by atoms with Crippen LogP contribution >= 0.6 is 0 Å². The van der Waals surface area contributed by atoms with Gasteiger partial charge in [0.2, 0.25) is 0 Å². The number of allylic oxidation sites excluding steroid dienone is 4. The van der Waals surface area contributed by atoms with Crippen LogP contribution in [0.25, 0.3) is 0 Å². The van der Waals surface area contributed by atoms with E-state index in [9.17, 15) is 0 Å². The molecule has 0 nitrogen and oxygen atoms in total. The molecule has 0 heterocycles. The monoisotopic (exact) mass is 235 g/mol. The van der Waals surface area contributed by atoms with Crippen molar-refractivity contribution in [1.82, 2.24) is 0 Å². The van der Waals surface area contributed by atoms with E-state index in [1.54, 1.807) is 0 Å². The van der Waals surface area contributed by atoms with Crippen molar-refractivity contribution in [3.05, 3.63) is 31.2 Å². The van der Waals surface area contributed by atoms with Crippen LogP contribution in [0.5, 0.6) is 0 Å². The van der Waals surface area contributed by atoms with Crippen LogP contribution < -0.4 is 0 Å². The molecule has 0 amide bonds. The van der Waals surface area contributed by atoms with E-state index >= 15 is 0 Å². The van der Waals surface area contributed by atoms with Crippen LogP contribution in [-0.2, 0) is 0 Å². The Hall–Kier alpha value is -0.520. The third kappa shape index (κ3) is 15.5. The molecule has 0 saturated carbocycles. The largest absolute Gasteiger partial charge is 0.0885 e. The number of hydrogen-bond acceptors (Lipinski definition) is 0. The highest BCUT2D eigenvalue weighted by molar-refractivity contribution is 4.85. The maximum atomic E-state index is 3.82. The SMILES string of the molecule is [CH2]CCC=CCCCC=CCCCCCCC. The van der Waals surface area contributed by atoms with Crippen molar-refractivity contribution in [3.63, 3.8) is 0 Å². The van der Waals surface area contributed by atoms with Crippen LogP contribution in [0.3, 0.4) is 0 Å². The first-order chi connectivity index (χ1) is 8.41. The molecular formula is C17H31. The van der Waals surface area contributed by atoms with Crippen LogP contribution in [-0.4, -0.2) is 0 Å². The van der Waals surface area contributed by atoms with Gasteiger partial charge in [0.05, 0.1) is 0 Å². The van der Waals surface area contributed by atoms with Gasteiger partial charge >= 0.3 is 0 Å². The van der Waals surface area contributed by atoms with Crippen molar-refractivity contribution in [2.45, 2.75) is 77.6 Å². The molecule has 0 aliphatic heterocycles. The average molecular weight is 235 g/mol. The van der Waals surface area contributed by atoms with E-state index < -0.39 is 0 Å². The fraction of sp³-hybridized carbons (Fsp3) is 0.706. The highest BCUT2D eigenvalue weighted by atomic mass is 13.9. The van der Waals surface area contributed by atoms with E-state index in [0.29, 0.717) is 0 Å². The minimum atomic E-state index is 1.02. The smallest absolute Gasteiger partial charge is 0.0348 e. The number of rotatable bonds is 12. The molecule has 0 spiro atoms. The van der Waals surface area contributed by atoms with E-state index in [0.717, 1.165) is 12.8 Å². The van der Waals surface area contributed by atoms with E-state index in [-0.39, 0.29) is 0 Å². The molecule has 1 radical (unpaired) electrons. The van der Waals surface area contributed by atoms with E-state index in [4.69, 9.17) is 0 Å². The second-order valence-electron chi connectivity index (χ2n) is 4.72. The summed E-state index contributed by atoms with van der Waals surface area (Å²) in [5, 5.41) is 0. The fourth-order valence-corrected chi connectivity index (χ4v) is 1.81. The number of hydrogen-bond donors (Lipinski definition) is 0. The molecule has 0 fully saturated rings. The summed E-state index contributed by atoms with van der Waals surface area (Å²) in [6, 6.07) is 0. The normalized spacial score (nSPS) is 11.9. The average Bonchev–Trinajstić information content (AvgIpc) is 2.35. The van der Waals surface area contributed by atoms with E-state index in [2.05, 4.69) is 38.2 Å². The van der Waals surface area contributed by atoms with Gasteiger partial charge in [0.1, 0.15) is 0 Å². The zero-order chi connectivity index (χ0) is 12.6. The zero-order valence-corrected chi connectivity index (χ0v) is 11.8. The quantitative estimate of drug-likeness (QED) is 0.277. The van der Waals surface area contributed by atoms with Gasteiger partial charge in [0, 0.05) is 0 Å². The molecule has 0 heteroatoms. The third-order valence-corrected chi connectivity index (χ3v) is 2.92. The van der Waals surface area contributed by atoms with Crippen molar-refractivity contribution in [1.29, 1.82) is 0 Å². The molecule has 0 atom stereocenters. The Bertz CT molecular complexity index is 176. The summed E-state index contributed by atoms with van der Waals surface area (Å²) in [7, 11) is 0. The van der Waals surface area contributed by atoms with Gasteiger partial charge in [0.25, 0.3) is 0 Å². The van der Waals surface area contributed by atoms with Crippen molar-refractivity contribution in [3.8, 4) is 0 Å². The van der Waals surface area contributed by atoms with Gasteiger partial charge < -0.3 is 0 Å². The number of unbranched alkanes of at least 4 members (excludes halogenated alkanes) is 8. The second kappa shape index (κ2) is 15.5. The molecule has 0 aliphatic rings. The van der Waals surface area contributed by atoms with Crippen molar-refractivity contribution >= 4 is 0 Å². The first-order valence-corrected chi connectivity index (χ1v) is 7.51. The van der Waals surface area contributed by atoms with Crippen molar-refractivity contribution < 1.29 is 0 Å². The summed E-state index contributed by atoms with van der Waals surface area (Å²) in [6.07, 6.45) is 23.4. The van der Waals surface area contributed by atoms with Gasteiger partial charge in [-0.3, -0.25) is 0 Å². The summed E-state index contributed by atoms with van der Waals surface area (Å²) in [5.74, 6) is 0. The third-order valence-electron chi connectivity index (χ3n) is 2.92. The first-order valence-electron chi connectivity index (χ1n) is 7.51. The predicted octanol–water partition coefficient (Wildman–Crippen LogP) is 6.24. The lowest BCUT2D eigenvalue weighted by Gasteiger charge is -1.96. The minimum absolute atomic E-state index is 1.02. The van der Waals surface area contributed by atoms with Crippen LogP contribution in [0.2, 0.25) is 0 Å². The molecule has 0 bridgehead atoms. The van der Waals surface area contributed by atoms with Gasteiger partial charge in [-0.15, -0.1) is 0 Å². The van der Waals surface area contributed by atoms with Crippen LogP contribution in [0, 0.1) is 6.92 Å². The Balaban J connectivity index is 3.09. The molecule has 0 aromatic carbocycles. The molecule has 0 aromatic rings. The standard InChI is InChI=1S/C17H31/c1-3-5-7-9-11-13-15-17-16-14-12-10-8-6-4-2/h7,9,16-17H,1,3-6,8,10-15H2,2H3. The van der Waals surface area contributed by atoms with Crippen LogP contribution in [0.1, 0.15) is 77.6 Å². The summed E-state index contributed by atoms with van der Waals surface area (Å²) < 4.78 is 0. The van der Waals surface area contributed by atoms with E-state index in [1.807, 2.05) is 0 Å². The molecule has 0 unspecified atom stereocenters. The minimum Gasteiger partial charge on any atom is -0.0885 e. The topological polar surface area (TPSA) is 0 Å². The Kier molecular flexibility index (Phi) is 15.0. The Morgan fingerprint density at radius 3 is 1.76 bits per heavy atom. The second-order valence-corrected chi connectivity index (χ2v) is 4.72. The van der Waals surface area contributed by atoms with Crippen LogP contribution in [0.4, 0.5) is 0 Å². The lowest BCUT2D eigenvalue weighted by atomic mass is 10.1. The summed E-state index contributed by atoms with van der Waals surface area (Å²) in [5.41, 5.74) is 0. The zero-order valence-electron chi connectivity index (χ0n) is 11.8. The van der Waals surface area contributed by atoms with Gasteiger partial charge in [-0.25, -0.2) is 0 Å². The van der Waals surface area contributed by atoms with Gasteiger partial charge in [-0.2, -0.15) is 0 Å². The molecular weight excluding hydrogens is 204 g/mol. The molecule has 0 aromatic heterocycles. The summed E-state index contributed by atoms with van der Waals surface area (Å²) >= 11 is 0. The first kappa shape index (κ1) is 16.5. The van der Waals surface area contributed by atoms with Gasteiger partial charge in [-0.1, -0.05) is 63.8 Å². The van der Waals surface area contributed by atoms with Crippen LogP contribution in [0.15, 0.2) is 24.3 Å². The highest BCUT2D eigenvalue weighted by Gasteiger charge is 1.86. The Labute approximate surface area is 109 Å².